The van der Waals surface area contributed by atoms with Crippen molar-refractivity contribution in [3.05, 3.63) is 0 Å². The Balaban J connectivity index is 2.45. The molecule has 0 aromatic rings. The largest absolute Gasteiger partial charge is 0.392 e. The highest BCUT2D eigenvalue weighted by molar-refractivity contribution is 7.80. The molecule has 0 bridgehead atoms. The van der Waals surface area contributed by atoms with Crippen LogP contribution < -0.4 is 5.73 Å². The third-order valence-electron chi connectivity index (χ3n) is 2.39. The van der Waals surface area contributed by atoms with Gasteiger partial charge in [-0.1, -0.05) is 12.2 Å². The van der Waals surface area contributed by atoms with E-state index in [2.05, 4.69) is 4.90 Å². The van der Waals surface area contributed by atoms with Crippen molar-refractivity contribution in [3.63, 3.8) is 0 Å². The summed E-state index contributed by atoms with van der Waals surface area (Å²) < 4.78 is 0. The van der Waals surface area contributed by atoms with Crippen molar-refractivity contribution in [1.29, 1.82) is 0 Å². The number of likely N-dealkylation sites (tertiary alicyclic amines) is 1. The molecular weight excluding hydrogens is 172 g/mol. The van der Waals surface area contributed by atoms with Crippen molar-refractivity contribution in [2.75, 3.05) is 13.1 Å². The summed E-state index contributed by atoms with van der Waals surface area (Å²) in [5, 5.41) is 9.38. The summed E-state index contributed by atoms with van der Waals surface area (Å²) in [6.07, 6.45) is 1.74. The van der Waals surface area contributed by atoms with Gasteiger partial charge in [-0.15, -0.1) is 0 Å². The number of nitrogens with zero attached hydrogens (tertiary/aromatic N) is 1. The zero-order valence-corrected chi connectivity index (χ0v) is 8.18. The van der Waals surface area contributed by atoms with Crippen molar-refractivity contribution in [2.24, 2.45) is 5.73 Å². The molecule has 2 unspecified atom stereocenters. The van der Waals surface area contributed by atoms with Gasteiger partial charge in [-0.25, -0.2) is 0 Å². The number of aliphatic hydroxyl groups excluding tert-OH is 1. The van der Waals surface area contributed by atoms with E-state index >= 15 is 0 Å². The van der Waals surface area contributed by atoms with Gasteiger partial charge in [0, 0.05) is 6.54 Å². The highest BCUT2D eigenvalue weighted by Crippen LogP contribution is 2.12. The van der Waals surface area contributed by atoms with E-state index in [0.29, 0.717) is 11.5 Å². The first-order chi connectivity index (χ1) is 5.61. The summed E-state index contributed by atoms with van der Waals surface area (Å²) in [7, 11) is 0. The molecule has 0 saturated carbocycles. The molecule has 0 spiro atoms. The van der Waals surface area contributed by atoms with Gasteiger partial charge in [-0.3, -0.25) is 4.90 Å². The van der Waals surface area contributed by atoms with Crippen LogP contribution in [0.2, 0.25) is 0 Å². The monoisotopic (exact) mass is 188 g/mol. The van der Waals surface area contributed by atoms with Gasteiger partial charge in [-0.05, 0) is 26.3 Å². The predicted molar refractivity (Wildman–Crippen MR) is 53.1 cm³/mol. The van der Waals surface area contributed by atoms with Crippen LogP contribution >= 0.6 is 12.2 Å². The standard InChI is InChI=1S/C8H16N2OS/c1-6(8(9)12)10-4-2-3-7(11)5-10/h6-7,11H,2-5H2,1H3,(H2,9,12). The van der Waals surface area contributed by atoms with Crippen molar-refractivity contribution in [1.82, 2.24) is 4.90 Å². The van der Waals surface area contributed by atoms with Gasteiger partial charge in [-0.2, -0.15) is 0 Å². The zero-order chi connectivity index (χ0) is 9.14. The van der Waals surface area contributed by atoms with Gasteiger partial charge >= 0.3 is 0 Å². The number of aliphatic hydroxyl groups is 1. The number of hydrogen-bond donors (Lipinski definition) is 2. The molecule has 1 aliphatic heterocycles. The Kier molecular flexibility index (Phi) is 3.43. The SMILES string of the molecule is CC(C(N)=S)N1CCCC(O)C1. The molecule has 1 heterocycles. The van der Waals surface area contributed by atoms with Crippen LogP contribution in [-0.2, 0) is 0 Å². The van der Waals surface area contributed by atoms with Crippen LogP contribution in [0.15, 0.2) is 0 Å². The Morgan fingerprint density at radius 3 is 2.92 bits per heavy atom. The maximum Gasteiger partial charge on any atom is 0.0899 e. The average Bonchev–Trinajstić information content (AvgIpc) is 2.03. The van der Waals surface area contributed by atoms with Crippen molar-refractivity contribution >= 4 is 17.2 Å². The first kappa shape index (κ1) is 9.89. The normalized spacial score (nSPS) is 28.3. The number of rotatable bonds is 2. The average molecular weight is 188 g/mol. The number of nitrogens with two attached hydrogens (primary N) is 1. The topological polar surface area (TPSA) is 49.5 Å². The number of piperidine rings is 1. The molecular formula is C8H16N2OS. The summed E-state index contributed by atoms with van der Waals surface area (Å²) in [6, 6.07) is 0.120. The molecule has 3 nitrogen and oxygen atoms in total. The van der Waals surface area contributed by atoms with E-state index < -0.39 is 0 Å². The molecule has 0 amide bonds. The van der Waals surface area contributed by atoms with E-state index in [1.165, 1.54) is 0 Å². The van der Waals surface area contributed by atoms with E-state index in [-0.39, 0.29) is 12.1 Å². The first-order valence-corrected chi connectivity index (χ1v) is 4.73. The summed E-state index contributed by atoms with van der Waals surface area (Å²) in [5.41, 5.74) is 5.52. The lowest BCUT2D eigenvalue weighted by Crippen LogP contribution is -2.48. The van der Waals surface area contributed by atoms with Crippen LogP contribution in [0.5, 0.6) is 0 Å². The van der Waals surface area contributed by atoms with E-state index in [0.717, 1.165) is 19.4 Å². The van der Waals surface area contributed by atoms with Gasteiger partial charge < -0.3 is 10.8 Å². The molecule has 1 saturated heterocycles. The second-order valence-corrected chi connectivity index (χ2v) is 3.84. The second-order valence-electron chi connectivity index (χ2n) is 3.37. The molecule has 0 aromatic heterocycles. The van der Waals surface area contributed by atoms with Crippen molar-refractivity contribution in [3.8, 4) is 0 Å². The zero-order valence-electron chi connectivity index (χ0n) is 7.36. The lowest BCUT2D eigenvalue weighted by molar-refractivity contribution is 0.0641. The van der Waals surface area contributed by atoms with E-state index in [1.807, 2.05) is 6.92 Å². The summed E-state index contributed by atoms with van der Waals surface area (Å²) in [6.45, 7) is 3.69. The quantitative estimate of drug-likeness (QED) is 0.604. The van der Waals surface area contributed by atoms with Crippen LogP contribution in [-0.4, -0.2) is 40.2 Å². The Hall–Kier alpha value is -0.190. The molecule has 1 fully saturated rings. The minimum Gasteiger partial charge on any atom is -0.392 e. The minimum atomic E-state index is -0.199. The number of thiocarbonyl (C=S) groups is 1. The van der Waals surface area contributed by atoms with E-state index in [1.54, 1.807) is 0 Å². The molecule has 0 aromatic carbocycles. The Bertz CT molecular complexity index is 174. The molecule has 0 aliphatic carbocycles. The molecule has 4 heteroatoms. The highest BCUT2D eigenvalue weighted by atomic mass is 32.1. The maximum absolute atomic E-state index is 9.38. The van der Waals surface area contributed by atoms with Gasteiger partial charge in [0.1, 0.15) is 0 Å². The lowest BCUT2D eigenvalue weighted by Gasteiger charge is -2.34. The highest BCUT2D eigenvalue weighted by Gasteiger charge is 2.22. The molecule has 1 rings (SSSR count). The van der Waals surface area contributed by atoms with E-state index in [4.69, 9.17) is 18.0 Å². The molecule has 70 valence electrons. The summed E-state index contributed by atoms with van der Waals surface area (Å²) in [4.78, 5) is 2.65. The number of β-amino-alcohol motifs (C(OH)–C–C–N with tert-alkyl or cyclic N) is 1. The van der Waals surface area contributed by atoms with Crippen LogP contribution in [0.3, 0.4) is 0 Å². The fourth-order valence-electron chi connectivity index (χ4n) is 1.51. The molecule has 12 heavy (non-hydrogen) atoms. The Morgan fingerprint density at radius 1 is 1.75 bits per heavy atom. The summed E-state index contributed by atoms with van der Waals surface area (Å²) in [5.74, 6) is 0. The smallest absolute Gasteiger partial charge is 0.0899 e. The third-order valence-corrected chi connectivity index (χ3v) is 2.73. The van der Waals surface area contributed by atoms with Crippen molar-refractivity contribution in [2.45, 2.75) is 31.9 Å². The van der Waals surface area contributed by atoms with E-state index in [9.17, 15) is 5.11 Å². The minimum absolute atomic E-state index is 0.120. The van der Waals surface area contributed by atoms with Crippen LogP contribution in [0.1, 0.15) is 19.8 Å². The predicted octanol–water partition coefficient (Wildman–Crippen LogP) is 0.118. The van der Waals surface area contributed by atoms with Gasteiger partial charge in [0.2, 0.25) is 0 Å². The fraction of sp³-hybridized carbons (Fsp3) is 0.875. The van der Waals surface area contributed by atoms with Crippen molar-refractivity contribution < 1.29 is 5.11 Å². The van der Waals surface area contributed by atoms with Gasteiger partial charge in [0.15, 0.2) is 0 Å². The molecule has 2 atom stereocenters. The van der Waals surface area contributed by atoms with Gasteiger partial charge in [0.05, 0.1) is 17.1 Å². The fourth-order valence-corrected chi connectivity index (χ4v) is 1.66. The van der Waals surface area contributed by atoms with Gasteiger partial charge in [0.25, 0.3) is 0 Å². The van der Waals surface area contributed by atoms with Crippen LogP contribution in [0.25, 0.3) is 0 Å². The summed E-state index contributed by atoms with van der Waals surface area (Å²) >= 11 is 4.89. The molecule has 1 aliphatic rings. The first-order valence-electron chi connectivity index (χ1n) is 4.32. The Morgan fingerprint density at radius 2 is 2.42 bits per heavy atom. The lowest BCUT2D eigenvalue weighted by atomic mass is 10.1. The van der Waals surface area contributed by atoms with Crippen LogP contribution in [0.4, 0.5) is 0 Å². The Labute approximate surface area is 78.5 Å². The number of hydrogen-bond acceptors (Lipinski definition) is 3. The second kappa shape index (κ2) is 4.16. The molecule has 3 N–H and O–H groups in total. The maximum atomic E-state index is 9.38. The molecule has 0 radical (unpaired) electrons. The van der Waals surface area contributed by atoms with Crippen LogP contribution in [0, 0.1) is 0 Å². The third kappa shape index (κ3) is 2.40.